The number of carbonyl (C=O) groups excluding carboxylic acids is 1. The molecule has 0 fully saturated rings. The van der Waals surface area contributed by atoms with Crippen molar-refractivity contribution < 1.29 is 19.5 Å². The Labute approximate surface area is 253 Å². The maximum absolute atomic E-state index is 11.1. The van der Waals surface area contributed by atoms with Crippen LogP contribution in [0.1, 0.15) is 52.4 Å². The van der Waals surface area contributed by atoms with Gasteiger partial charge in [-0.05, 0) is 31.0 Å². The predicted octanol–water partition coefficient (Wildman–Crippen LogP) is 5.49. The number of carbonyl (C=O) groups is 1. The number of methoxy groups -OCH3 is 2. The molecule has 0 unspecified atom stereocenters. The van der Waals surface area contributed by atoms with Gasteiger partial charge in [0.1, 0.15) is 11.5 Å². The third-order valence-corrected chi connectivity index (χ3v) is 7.22. The number of nitrogens with one attached hydrogen (secondary N) is 2. The van der Waals surface area contributed by atoms with E-state index in [0.717, 1.165) is 96.9 Å². The summed E-state index contributed by atoms with van der Waals surface area (Å²) < 4.78 is 13.0. The van der Waals surface area contributed by atoms with Crippen LogP contribution in [-0.2, 0) is 11.3 Å². The van der Waals surface area contributed by atoms with E-state index in [1.54, 1.807) is 25.9 Å². The lowest BCUT2D eigenvalue weighted by molar-refractivity contribution is -0.129. The number of unbranched alkanes of at least 4 members (excludes halogenated alkanes) is 4. The van der Waals surface area contributed by atoms with Crippen molar-refractivity contribution in [3.63, 3.8) is 0 Å². The Balaban J connectivity index is 1.48. The van der Waals surface area contributed by atoms with Crippen LogP contribution in [0.15, 0.2) is 55.0 Å². The molecule has 2 aromatic heterocycles. The molecule has 0 aliphatic rings. The van der Waals surface area contributed by atoms with E-state index in [-0.39, 0.29) is 5.91 Å². The van der Waals surface area contributed by atoms with E-state index in [4.69, 9.17) is 19.7 Å². The number of hydroxylamine groups is 1. The highest BCUT2D eigenvalue weighted by molar-refractivity contribution is 5.82. The topological polar surface area (TPSA) is 127 Å². The largest absolute Gasteiger partial charge is 0.497 e. The molecule has 11 nitrogen and oxygen atoms in total. The second kappa shape index (κ2) is 15.9. The Morgan fingerprint density at radius 1 is 0.953 bits per heavy atom. The van der Waals surface area contributed by atoms with E-state index in [0.29, 0.717) is 12.5 Å². The van der Waals surface area contributed by atoms with Crippen LogP contribution in [-0.4, -0.2) is 64.2 Å². The van der Waals surface area contributed by atoms with Crippen molar-refractivity contribution >= 4 is 28.3 Å². The fraction of sp³-hybridized carbons (Fsp3) is 0.438. The van der Waals surface area contributed by atoms with E-state index in [1.165, 1.54) is 0 Å². The highest BCUT2D eigenvalue weighted by Gasteiger charge is 2.15. The van der Waals surface area contributed by atoms with Gasteiger partial charge in [0.2, 0.25) is 5.91 Å². The SMILES string of the molecule is COc1cc(OC)cc(N(CCNC(C)C)c2ccc3ncc(-c4cnn(CCCCCCCC(=O)NO)c4)nc3c2)c1. The van der Waals surface area contributed by atoms with Gasteiger partial charge in [0, 0.05) is 73.4 Å². The van der Waals surface area contributed by atoms with Crippen LogP contribution < -0.4 is 25.2 Å². The van der Waals surface area contributed by atoms with Crippen molar-refractivity contribution in [2.45, 2.75) is 65.0 Å². The smallest absolute Gasteiger partial charge is 0.243 e. The van der Waals surface area contributed by atoms with E-state index >= 15 is 0 Å². The maximum Gasteiger partial charge on any atom is 0.243 e. The molecule has 0 atom stereocenters. The van der Waals surface area contributed by atoms with Gasteiger partial charge in [0.15, 0.2) is 0 Å². The molecule has 0 saturated heterocycles. The molecule has 11 heteroatoms. The number of benzene rings is 2. The van der Waals surface area contributed by atoms with Crippen molar-refractivity contribution in [1.82, 2.24) is 30.5 Å². The fourth-order valence-electron chi connectivity index (χ4n) is 4.89. The summed E-state index contributed by atoms with van der Waals surface area (Å²) in [7, 11) is 3.31. The summed E-state index contributed by atoms with van der Waals surface area (Å²) >= 11 is 0. The lowest BCUT2D eigenvalue weighted by Gasteiger charge is -2.27. The summed E-state index contributed by atoms with van der Waals surface area (Å²) in [5, 5.41) is 16.6. The van der Waals surface area contributed by atoms with Crippen LogP contribution in [0.25, 0.3) is 22.3 Å². The van der Waals surface area contributed by atoms with Crippen LogP contribution in [0.5, 0.6) is 11.5 Å². The van der Waals surface area contributed by atoms with Gasteiger partial charge < -0.3 is 19.7 Å². The fourth-order valence-corrected chi connectivity index (χ4v) is 4.89. The maximum atomic E-state index is 11.1. The van der Waals surface area contributed by atoms with E-state index in [1.807, 2.05) is 41.3 Å². The van der Waals surface area contributed by atoms with Crippen LogP contribution in [0.2, 0.25) is 0 Å². The Kier molecular flexibility index (Phi) is 11.7. The molecule has 4 aromatic rings. The monoisotopic (exact) mass is 589 g/mol. The first-order valence-corrected chi connectivity index (χ1v) is 14.9. The molecule has 0 spiro atoms. The number of fused-ring (bicyclic) bond motifs is 1. The molecule has 0 saturated carbocycles. The number of rotatable bonds is 17. The lowest BCUT2D eigenvalue weighted by Crippen LogP contribution is -2.32. The Bertz CT molecular complexity index is 1450. The quantitative estimate of drug-likeness (QED) is 0.0832. The number of hydrogen-bond acceptors (Lipinski definition) is 9. The van der Waals surface area contributed by atoms with Gasteiger partial charge in [-0.15, -0.1) is 0 Å². The number of anilines is 2. The molecule has 0 aliphatic carbocycles. The van der Waals surface area contributed by atoms with Gasteiger partial charge >= 0.3 is 0 Å². The normalized spacial score (nSPS) is 11.2. The molecule has 0 radical (unpaired) electrons. The lowest BCUT2D eigenvalue weighted by atomic mass is 10.1. The molecule has 1 amide bonds. The van der Waals surface area contributed by atoms with Crippen LogP contribution >= 0.6 is 0 Å². The van der Waals surface area contributed by atoms with Gasteiger partial charge in [-0.1, -0.05) is 33.1 Å². The summed E-state index contributed by atoms with van der Waals surface area (Å²) in [6.45, 7) is 6.61. The Hall–Kier alpha value is -4.22. The summed E-state index contributed by atoms with van der Waals surface area (Å²) in [6, 6.07) is 12.4. The van der Waals surface area contributed by atoms with Crippen molar-refractivity contribution in [1.29, 1.82) is 0 Å². The number of aromatic nitrogens is 4. The highest BCUT2D eigenvalue weighted by atomic mass is 16.5. The number of amides is 1. The van der Waals surface area contributed by atoms with Gasteiger partial charge in [0.25, 0.3) is 0 Å². The minimum atomic E-state index is -0.328. The molecule has 0 aliphatic heterocycles. The summed E-state index contributed by atoms with van der Waals surface area (Å²) in [4.78, 5) is 23.0. The molecular formula is C32H43N7O4. The van der Waals surface area contributed by atoms with E-state index in [9.17, 15) is 4.79 Å². The van der Waals surface area contributed by atoms with Gasteiger partial charge in [-0.3, -0.25) is 19.7 Å². The third-order valence-electron chi connectivity index (χ3n) is 7.22. The zero-order valence-corrected chi connectivity index (χ0v) is 25.5. The van der Waals surface area contributed by atoms with Gasteiger partial charge in [-0.25, -0.2) is 10.5 Å². The van der Waals surface area contributed by atoms with Gasteiger partial charge in [0.05, 0.1) is 43.3 Å². The standard InChI is InChI=1S/C32H43N7O4/c1-23(2)33-13-15-39(26-16-27(42-3)19-28(17-26)43-4)25-11-12-29-30(18-25)36-31(21-34-29)24-20-35-38(22-24)14-9-7-5-6-8-10-32(40)37-41/h11-12,16-23,33,41H,5-10,13-15H2,1-4H3,(H,37,40). The van der Waals surface area contributed by atoms with Crippen LogP contribution in [0, 0.1) is 0 Å². The second-order valence-corrected chi connectivity index (χ2v) is 10.8. The van der Waals surface area contributed by atoms with E-state index in [2.05, 4.69) is 46.3 Å². The molecule has 43 heavy (non-hydrogen) atoms. The van der Waals surface area contributed by atoms with Crippen molar-refractivity contribution in [3.05, 3.63) is 55.0 Å². The number of nitrogens with zero attached hydrogens (tertiary/aromatic N) is 5. The zero-order valence-electron chi connectivity index (χ0n) is 25.5. The second-order valence-electron chi connectivity index (χ2n) is 10.8. The Morgan fingerprint density at radius 2 is 1.70 bits per heavy atom. The molecule has 0 bridgehead atoms. The van der Waals surface area contributed by atoms with Crippen LogP contribution in [0.4, 0.5) is 11.4 Å². The molecular weight excluding hydrogens is 546 g/mol. The van der Waals surface area contributed by atoms with Gasteiger partial charge in [-0.2, -0.15) is 5.10 Å². The van der Waals surface area contributed by atoms with E-state index < -0.39 is 0 Å². The minimum absolute atomic E-state index is 0.328. The predicted molar refractivity (Wildman–Crippen MR) is 168 cm³/mol. The summed E-state index contributed by atoms with van der Waals surface area (Å²) in [6.07, 6.45) is 10.8. The van der Waals surface area contributed by atoms with Crippen molar-refractivity contribution in [3.8, 4) is 22.8 Å². The summed E-state index contributed by atoms with van der Waals surface area (Å²) in [5.41, 5.74) is 6.94. The van der Waals surface area contributed by atoms with Crippen molar-refractivity contribution in [2.75, 3.05) is 32.2 Å². The molecule has 3 N–H and O–H groups in total. The molecule has 2 aromatic carbocycles. The highest BCUT2D eigenvalue weighted by Crippen LogP contribution is 2.34. The average Bonchev–Trinajstić information content (AvgIpc) is 3.50. The number of aryl methyl sites for hydroxylation is 1. The van der Waals surface area contributed by atoms with Crippen molar-refractivity contribution in [2.24, 2.45) is 0 Å². The first-order valence-electron chi connectivity index (χ1n) is 14.9. The average molecular weight is 590 g/mol. The first kappa shape index (κ1) is 31.7. The number of hydrogen-bond donors (Lipinski definition) is 3. The molecule has 4 rings (SSSR count). The summed E-state index contributed by atoms with van der Waals surface area (Å²) in [5.74, 6) is 1.12. The first-order chi connectivity index (χ1) is 20.9. The minimum Gasteiger partial charge on any atom is -0.497 e. The third kappa shape index (κ3) is 9.13. The van der Waals surface area contributed by atoms with Crippen LogP contribution in [0.3, 0.4) is 0 Å². The molecule has 230 valence electrons. The zero-order chi connectivity index (χ0) is 30.6. The Morgan fingerprint density at radius 3 is 2.42 bits per heavy atom. The molecule has 2 heterocycles. The number of ether oxygens (including phenoxy) is 2.